The molecule has 1 aromatic heterocycles. The van der Waals surface area contributed by atoms with Crippen molar-refractivity contribution in [2.75, 3.05) is 18.5 Å². The highest BCUT2D eigenvalue weighted by Gasteiger charge is 2.24. The van der Waals surface area contributed by atoms with Crippen molar-refractivity contribution in [1.82, 2.24) is 9.97 Å². The van der Waals surface area contributed by atoms with Crippen molar-refractivity contribution in [1.29, 1.82) is 0 Å². The zero-order chi connectivity index (χ0) is 18.4. The first kappa shape index (κ1) is 19.7. The summed E-state index contributed by atoms with van der Waals surface area (Å²) in [5.74, 6) is -0.554. The van der Waals surface area contributed by atoms with Crippen LogP contribution in [-0.4, -0.2) is 73.4 Å². The van der Waals surface area contributed by atoms with Gasteiger partial charge in [-0.3, -0.25) is 19.6 Å². The van der Waals surface area contributed by atoms with Crippen LogP contribution in [0.2, 0.25) is 0 Å². The number of carbonyl (C=O) groups is 1. The summed E-state index contributed by atoms with van der Waals surface area (Å²) in [6.07, 6.45) is -4.72. The fourth-order valence-electron chi connectivity index (χ4n) is 1.65. The van der Waals surface area contributed by atoms with E-state index in [4.69, 9.17) is 5.11 Å². The number of anilines is 1. The Balaban J connectivity index is 3.07. The van der Waals surface area contributed by atoms with E-state index in [0.717, 1.165) is 0 Å². The zero-order valence-electron chi connectivity index (χ0n) is 13.1. The van der Waals surface area contributed by atoms with Gasteiger partial charge in [0.05, 0.1) is 18.4 Å². The number of rotatable bonds is 8. The Bertz CT molecular complexity index is 724. The van der Waals surface area contributed by atoms with Gasteiger partial charge in [-0.2, -0.15) is 0 Å². The van der Waals surface area contributed by atoms with Crippen LogP contribution in [0.25, 0.3) is 0 Å². The second-order valence-corrected chi connectivity index (χ2v) is 5.07. The number of H-pyrrole nitrogens is 2. The molecule has 0 amide bonds. The first-order valence-corrected chi connectivity index (χ1v) is 6.99. The van der Waals surface area contributed by atoms with Gasteiger partial charge < -0.3 is 25.7 Å². The number of aliphatic hydroxyl groups excluding tert-OH is 4. The number of aromatic amines is 2. The first-order chi connectivity index (χ1) is 11.2. The van der Waals surface area contributed by atoms with Crippen molar-refractivity contribution >= 4 is 23.0 Å². The number of aromatic nitrogens is 2. The van der Waals surface area contributed by atoms with Crippen molar-refractivity contribution < 1.29 is 25.2 Å². The Labute approximate surface area is 135 Å². The summed E-state index contributed by atoms with van der Waals surface area (Å²) in [6.45, 7) is 1.50. The topological polar surface area (TPSA) is 188 Å². The number of Topliss-reactive ketones (excluding diaryl/α,β-unsaturated/α-hetero) is 1. The van der Waals surface area contributed by atoms with Crippen LogP contribution < -0.4 is 16.6 Å². The van der Waals surface area contributed by atoms with Crippen LogP contribution in [0.4, 0.5) is 11.5 Å². The van der Waals surface area contributed by atoms with Gasteiger partial charge in [0.15, 0.2) is 11.5 Å². The average Bonchev–Trinajstić information content (AvgIpc) is 2.53. The second kappa shape index (κ2) is 8.49. The molecule has 0 aliphatic heterocycles. The smallest absolute Gasteiger partial charge is 0.327 e. The van der Waals surface area contributed by atoms with Crippen LogP contribution in [0.1, 0.15) is 13.8 Å². The Hall–Kier alpha value is -2.34. The lowest BCUT2D eigenvalue weighted by Gasteiger charge is -2.22. The lowest BCUT2D eigenvalue weighted by Crippen LogP contribution is -2.43. The molecule has 0 aliphatic rings. The van der Waals surface area contributed by atoms with E-state index in [1.165, 1.54) is 13.8 Å². The predicted molar refractivity (Wildman–Crippen MR) is 84.7 cm³/mol. The Kier molecular flexibility index (Phi) is 6.97. The molecule has 0 aromatic carbocycles. The number of carbonyl (C=O) groups excluding carboxylic acids is 1. The summed E-state index contributed by atoms with van der Waals surface area (Å²) in [6, 6.07) is 0. The monoisotopic (exact) mass is 344 g/mol. The van der Waals surface area contributed by atoms with Crippen LogP contribution in [0.15, 0.2) is 14.6 Å². The number of ketones is 1. The van der Waals surface area contributed by atoms with Crippen LogP contribution >= 0.6 is 0 Å². The van der Waals surface area contributed by atoms with Crippen LogP contribution in [0.5, 0.6) is 0 Å². The largest absolute Gasteiger partial charge is 0.394 e. The van der Waals surface area contributed by atoms with Gasteiger partial charge in [0.2, 0.25) is 0 Å². The minimum atomic E-state index is -1.65. The molecular formula is C13H20N4O7. The average molecular weight is 344 g/mol. The Morgan fingerprint density at radius 1 is 1.17 bits per heavy atom. The summed E-state index contributed by atoms with van der Waals surface area (Å²) in [4.78, 5) is 42.5. The molecule has 11 heteroatoms. The Morgan fingerprint density at radius 3 is 2.33 bits per heavy atom. The molecule has 0 fully saturated rings. The van der Waals surface area contributed by atoms with Crippen molar-refractivity contribution in [3.05, 3.63) is 20.8 Å². The molecule has 1 rings (SSSR count). The van der Waals surface area contributed by atoms with E-state index in [-0.39, 0.29) is 29.5 Å². The van der Waals surface area contributed by atoms with Gasteiger partial charge in [0, 0.05) is 13.5 Å². The third-order valence-electron chi connectivity index (χ3n) is 3.17. The minimum absolute atomic E-state index is 0.0203. The molecule has 1 heterocycles. The number of hydrogen-bond acceptors (Lipinski definition) is 9. The lowest BCUT2D eigenvalue weighted by atomic mass is 10.1. The third kappa shape index (κ3) is 5.09. The number of hydrogen-bond donors (Lipinski definition) is 7. The summed E-state index contributed by atoms with van der Waals surface area (Å²) >= 11 is 0. The van der Waals surface area contributed by atoms with Gasteiger partial charge in [-0.25, -0.2) is 9.79 Å². The lowest BCUT2D eigenvalue weighted by molar-refractivity contribution is -0.111. The van der Waals surface area contributed by atoms with E-state index in [2.05, 4.69) is 15.3 Å². The van der Waals surface area contributed by atoms with Gasteiger partial charge in [-0.1, -0.05) is 0 Å². The second-order valence-electron chi connectivity index (χ2n) is 5.07. The summed E-state index contributed by atoms with van der Waals surface area (Å²) in [5.41, 5.74) is -1.96. The van der Waals surface area contributed by atoms with Gasteiger partial charge >= 0.3 is 5.69 Å². The van der Waals surface area contributed by atoms with Gasteiger partial charge in [0.1, 0.15) is 18.0 Å². The van der Waals surface area contributed by atoms with Crippen molar-refractivity contribution in [3.8, 4) is 0 Å². The fourth-order valence-corrected chi connectivity index (χ4v) is 1.65. The highest BCUT2D eigenvalue weighted by molar-refractivity contribution is 6.38. The molecule has 1 aromatic rings. The minimum Gasteiger partial charge on any atom is -0.394 e. The van der Waals surface area contributed by atoms with Crippen molar-refractivity contribution in [2.45, 2.75) is 32.2 Å². The van der Waals surface area contributed by atoms with Gasteiger partial charge in [-0.05, 0) is 6.92 Å². The fraction of sp³-hybridized carbons (Fsp3) is 0.538. The van der Waals surface area contributed by atoms with E-state index < -0.39 is 36.2 Å². The molecule has 3 atom stereocenters. The molecule has 134 valence electrons. The summed E-state index contributed by atoms with van der Waals surface area (Å²) in [5, 5.41) is 39.8. The number of aliphatic hydroxyl groups is 4. The number of nitrogens with one attached hydrogen (secondary N) is 3. The molecule has 0 saturated carbocycles. The molecule has 0 spiro atoms. The van der Waals surface area contributed by atoms with E-state index in [1.54, 1.807) is 0 Å². The molecule has 7 N–H and O–H groups in total. The van der Waals surface area contributed by atoms with Gasteiger partial charge in [0.25, 0.3) is 5.56 Å². The zero-order valence-corrected chi connectivity index (χ0v) is 13.1. The maximum absolute atomic E-state index is 11.8. The third-order valence-corrected chi connectivity index (χ3v) is 3.17. The highest BCUT2D eigenvalue weighted by atomic mass is 16.4. The predicted octanol–water partition coefficient (Wildman–Crippen LogP) is -2.77. The molecule has 0 bridgehead atoms. The van der Waals surface area contributed by atoms with E-state index >= 15 is 0 Å². The van der Waals surface area contributed by atoms with Gasteiger partial charge in [-0.15, -0.1) is 0 Å². The van der Waals surface area contributed by atoms with Crippen molar-refractivity contribution in [3.63, 3.8) is 0 Å². The molecule has 0 saturated heterocycles. The molecule has 0 aliphatic carbocycles. The van der Waals surface area contributed by atoms with E-state index in [0.29, 0.717) is 0 Å². The Morgan fingerprint density at radius 2 is 1.79 bits per heavy atom. The standard InChI is InChI=1S/C13H20N4O7/c1-5(6(2)19)15-9-11(16-13(24)17-12(9)23)14-3-7(20)10(22)8(21)4-18/h7-8,10,18,20-22H,3-4H2,1-2H3,(H3,14,16,17,23,24)/t7-,8+,10-/m0/s1. The normalized spacial score (nSPS) is 15.7. The quantitative estimate of drug-likeness (QED) is 0.247. The van der Waals surface area contributed by atoms with E-state index in [9.17, 15) is 29.7 Å². The molecule has 24 heavy (non-hydrogen) atoms. The molecule has 0 radical (unpaired) electrons. The van der Waals surface area contributed by atoms with Crippen LogP contribution in [-0.2, 0) is 4.79 Å². The molecule has 0 unspecified atom stereocenters. The molecular weight excluding hydrogens is 324 g/mol. The maximum Gasteiger partial charge on any atom is 0.327 e. The number of aliphatic imine (C=N–C) groups is 1. The SMILES string of the molecule is CC(=O)C(C)=Nc1c(NC[C@H](O)[C@H](O)[C@H](O)CO)[nH]c(=O)[nH]c1=O. The maximum atomic E-state index is 11.8. The molecule has 11 nitrogen and oxygen atoms in total. The van der Waals surface area contributed by atoms with Crippen LogP contribution in [0.3, 0.4) is 0 Å². The number of nitrogens with zero attached hydrogens (tertiary/aromatic N) is 1. The summed E-state index contributed by atoms with van der Waals surface area (Å²) < 4.78 is 0. The van der Waals surface area contributed by atoms with Crippen molar-refractivity contribution in [2.24, 2.45) is 4.99 Å². The highest BCUT2D eigenvalue weighted by Crippen LogP contribution is 2.16. The van der Waals surface area contributed by atoms with E-state index in [1.807, 2.05) is 4.98 Å². The van der Waals surface area contributed by atoms with Crippen LogP contribution in [0, 0.1) is 0 Å². The summed E-state index contributed by atoms with van der Waals surface area (Å²) in [7, 11) is 0. The first-order valence-electron chi connectivity index (χ1n) is 6.99.